The maximum Gasteiger partial charge on any atom is 0.0506 e. The molecule has 0 aliphatic rings. The third-order valence-electron chi connectivity index (χ3n) is 5.01. The Morgan fingerprint density at radius 3 is 2.03 bits per heavy atom. The summed E-state index contributed by atoms with van der Waals surface area (Å²) in [6, 6.07) is 11.1. The van der Waals surface area contributed by atoms with Gasteiger partial charge in [-0.1, -0.05) is 66.6 Å². The zero-order valence-corrected chi connectivity index (χ0v) is 21.1. The highest BCUT2D eigenvalue weighted by molar-refractivity contribution is 9.09. The number of hydrogen-bond donors (Lipinski definition) is 0. The third kappa shape index (κ3) is 7.95. The molecule has 3 aromatic heterocycles. The molecular weight excluding hydrogens is 480 g/mol. The highest BCUT2D eigenvalue weighted by Gasteiger charge is 2.13. The molecule has 0 saturated carbocycles. The molecule has 3 aromatic rings. The smallest absolute Gasteiger partial charge is 0.0506 e. The van der Waals surface area contributed by atoms with E-state index in [4.69, 9.17) is 4.74 Å². The average molecular weight is 512 g/mol. The number of unbranched alkanes of at least 4 members (excludes halogenated alkanes) is 7. The van der Waals surface area contributed by atoms with E-state index in [1.165, 1.54) is 76.4 Å². The molecule has 0 bridgehead atoms. The second-order valence-corrected chi connectivity index (χ2v) is 11.0. The highest BCUT2D eigenvalue weighted by Crippen LogP contribution is 2.41. The molecule has 0 atom stereocenters. The molecule has 5 heteroatoms. The van der Waals surface area contributed by atoms with Crippen molar-refractivity contribution >= 4 is 49.9 Å². The monoisotopic (exact) mass is 510 g/mol. The lowest BCUT2D eigenvalue weighted by Crippen LogP contribution is -2.00. The van der Waals surface area contributed by atoms with E-state index in [0.717, 1.165) is 25.0 Å². The molecule has 0 spiro atoms. The fourth-order valence-corrected chi connectivity index (χ4v) is 6.73. The predicted octanol–water partition coefficient (Wildman–Crippen LogP) is 9.28. The minimum Gasteiger partial charge on any atom is -0.381 e. The van der Waals surface area contributed by atoms with Crippen LogP contribution in [0.1, 0.15) is 56.9 Å². The highest BCUT2D eigenvalue weighted by atomic mass is 79.9. The Balaban J connectivity index is 1.36. The molecule has 0 radical (unpaired) electrons. The van der Waals surface area contributed by atoms with Gasteiger partial charge in [0.2, 0.25) is 0 Å². The van der Waals surface area contributed by atoms with Gasteiger partial charge in [-0.25, -0.2) is 0 Å². The van der Waals surface area contributed by atoms with E-state index in [1.54, 1.807) is 0 Å². The number of ether oxygens (including phenoxy) is 1. The Hall–Kier alpha value is -0.460. The van der Waals surface area contributed by atoms with Crippen LogP contribution in [0.2, 0.25) is 0 Å². The van der Waals surface area contributed by atoms with E-state index in [2.05, 4.69) is 57.0 Å². The molecule has 0 N–H and O–H groups in total. The summed E-state index contributed by atoms with van der Waals surface area (Å²) in [5.41, 5.74) is 1.43. The van der Waals surface area contributed by atoms with Gasteiger partial charge in [-0.15, -0.1) is 34.0 Å². The van der Waals surface area contributed by atoms with Gasteiger partial charge < -0.3 is 4.74 Å². The Labute approximate surface area is 196 Å². The van der Waals surface area contributed by atoms with Gasteiger partial charge in [0.25, 0.3) is 0 Å². The number of alkyl halides is 1. The fraction of sp³-hybridized carbons (Fsp3) is 0.500. The second-order valence-electron chi connectivity index (χ2n) is 7.30. The maximum atomic E-state index is 5.97. The van der Waals surface area contributed by atoms with Crippen molar-refractivity contribution in [1.82, 2.24) is 0 Å². The minimum atomic E-state index is 0.825. The van der Waals surface area contributed by atoms with Crippen LogP contribution in [0.25, 0.3) is 19.5 Å². The van der Waals surface area contributed by atoms with Crippen molar-refractivity contribution in [1.29, 1.82) is 0 Å². The third-order valence-corrected chi connectivity index (χ3v) is 8.86. The number of halogens is 1. The quantitative estimate of drug-likeness (QED) is 0.146. The molecule has 0 saturated heterocycles. The van der Waals surface area contributed by atoms with E-state index in [0.29, 0.717) is 0 Å². The lowest BCUT2D eigenvalue weighted by atomic mass is 10.1. The zero-order valence-electron chi connectivity index (χ0n) is 17.0. The van der Waals surface area contributed by atoms with Gasteiger partial charge in [-0.3, -0.25) is 0 Å². The molecule has 0 aliphatic carbocycles. The Morgan fingerprint density at radius 2 is 1.38 bits per heavy atom. The van der Waals surface area contributed by atoms with E-state index < -0.39 is 0 Å². The Morgan fingerprint density at radius 1 is 0.724 bits per heavy atom. The van der Waals surface area contributed by atoms with Gasteiger partial charge in [0, 0.05) is 31.4 Å². The van der Waals surface area contributed by atoms with Crippen LogP contribution in [-0.2, 0) is 11.2 Å². The van der Waals surface area contributed by atoms with Crippen molar-refractivity contribution in [3.63, 3.8) is 0 Å². The predicted molar refractivity (Wildman–Crippen MR) is 136 cm³/mol. The normalized spacial score (nSPS) is 11.3. The molecule has 1 nitrogen and oxygen atoms in total. The van der Waals surface area contributed by atoms with Gasteiger partial charge in [-0.05, 0) is 53.8 Å². The first-order valence-corrected chi connectivity index (χ1v) is 14.4. The van der Waals surface area contributed by atoms with Gasteiger partial charge in [0.15, 0.2) is 0 Å². The SMILES string of the molecule is BrCCCCCCCCCCOCCc1cc(-c2cccs2)sc1-c1cccs1. The standard InChI is InChI=1S/C24H31BrOS3/c25-14-7-5-3-1-2-4-6-8-15-26-16-13-20-19-23(21-11-9-17-27-21)29-24(20)22-12-10-18-28-22/h9-12,17-19H,1-8,13-16H2. The van der Waals surface area contributed by atoms with Crippen LogP contribution in [0, 0.1) is 0 Å². The minimum absolute atomic E-state index is 0.825. The van der Waals surface area contributed by atoms with Crippen molar-refractivity contribution in [2.24, 2.45) is 0 Å². The van der Waals surface area contributed by atoms with Gasteiger partial charge in [0.1, 0.15) is 0 Å². The van der Waals surface area contributed by atoms with Crippen LogP contribution in [0.3, 0.4) is 0 Å². The summed E-state index contributed by atoms with van der Waals surface area (Å²) in [6.07, 6.45) is 11.7. The van der Waals surface area contributed by atoms with Crippen molar-refractivity contribution in [2.75, 3.05) is 18.5 Å². The summed E-state index contributed by atoms with van der Waals surface area (Å²) < 4.78 is 5.97. The number of hydrogen-bond acceptors (Lipinski definition) is 4. The Bertz CT molecular complexity index is 777. The second kappa shape index (κ2) is 13.8. The summed E-state index contributed by atoms with van der Waals surface area (Å²) >= 11 is 9.08. The molecular formula is C24H31BrOS3. The fourth-order valence-electron chi connectivity index (χ4n) is 3.41. The van der Waals surface area contributed by atoms with E-state index >= 15 is 0 Å². The summed E-state index contributed by atoms with van der Waals surface area (Å²) in [7, 11) is 0. The lowest BCUT2D eigenvalue weighted by Gasteiger charge is -2.05. The molecule has 3 rings (SSSR count). The molecule has 3 heterocycles. The molecule has 0 amide bonds. The van der Waals surface area contributed by atoms with Gasteiger partial charge in [-0.2, -0.15) is 0 Å². The van der Waals surface area contributed by atoms with Crippen molar-refractivity contribution in [2.45, 2.75) is 57.8 Å². The van der Waals surface area contributed by atoms with Gasteiger partial charge >= 0.3 is 0 Å². The van der Waals surface area contributed by atoms with Crippen LogP contribution in [0.15, 0.2) is 41.1 Å². The van der Waals surface area contributed by atoms with Crippen LogP contribution in [-0.4, -0.2) is 18.5 Å². The summed E-state index contributed by atoms with van der Waals surface area (Å²) in [4.78, 5) is 5.55. The molecule has 0 aliphatic heterocycles. The topological polar surface area (TPSA) is 9.23 Å². The molecule has 158 valence electrons. The van der Waals surface area contributed by atoms with Crippen LogP contribution in [0.4, 0.5) is 0 Å². The lowest BCUT2D eigenvalue weighted by molar-refractivity contribution is 0.133. The zero-order chi connectivity index (χ0) is 20.2. The van der Waals surface area contributed by atoms with E-state index in [1.807, 2.05) is 34.0 Å². The summed E-state index contributed by atoms with van der Waals surface area (Å²) in [5.74, 6) is 0. The Kier molecular flexibility index (Phi) is 11.0. The van der Waals surface area contributed by atoms with Crippen molar-refractivity contribution in [3.8, 4) is 19.5 Å². The maximum absolute atomic E-state index is 5.97. The van der Waals surface area contributed by atoms with Crippen LogP contribution >= 0.6 is 49.9 Å². The van der Waals surface area contributed by atoms with Gasteiger partial charge in [0.05, 0.1) is 6.61 Å². The van der Waals surface area contributed by atoms with Crippen LogP contribution in [0.5, 0.6) is 0 Å². The van der Waals surface area contributed by atoms with E-state index in [9.17, 15) is 0 Å². The molecule has 0 fully saturated rings. The molecule has 29 heavy (non-hydrogen) atoms. The first-order valence-electron chi connectivity index (χ1n) is 10.7. The largest absolute Gasteiger partial charge is 0.381 e. The first-order chi connectivity index (χ1) is 14.4. The van der Waals surface area contributed by atoms with Crippen molar-refractivity contribution in [3.05, 3.63) is 46.7 Å². The summed E-state index contributed by atoms with van der Waals surface area (Å²) in [5, 5.41) is 5.48. The average Bonchev–Trinajstić information content (AvgIpc) is 3.49. The van der Waals surface area contributed by atoms with Crippen LogP contribution < -0.4 is 0 Å². The number of rotatable bonds is 15. The first kappa shape index (κ1) is 23.2. The molecule has 0 unspecified atom stereocenters. The molecule has 0 aromatic carbocycles. The number of thiophene rings is 3. The summed E-state index contributed by atoms with van der Waals surface area (Å²) in [6.45, 7) is 1.73. The van der Waals surface area contributed by atoms with Crippen molar-refractivity contribution < 1.29 is 4.74 Å². The van der Waals surface area contributed by atoms with E-state index in [-0.39, 0.29) is 0 Å².